The maximum atomic E-state index is 11.5. The Morgan fingerprint density at radius 1 is 1.17 bits per heavy atom. The van der Waals surface area contributed by atoms with E-state index in [0.717, 1.165) is 17.4 Å². The Morgan fingerprint density at radius 2 is 1.89 bits per heavy atom. The summed E-state index contributed by atoms with van der Waals surface area (Å²) >= 11 is 0. The molecule has 18 heavy (non-hydrogen) atoms. The summed E-state index contributed by atoms with van der Waals surface area (Å²) in [5, 5.41) is 2.53. The number of rotatable bonds is 3. The van der Waals surface area contributed by atoms with Gasteiger partial charge in [0.2, 0.25) is 0 Å². The molecule has 0 aliphatic heterocycles. The minimum Gasteiger partial charge on any atom is -0.354 e. The van der Waals surface area contributed by atoms with Gasteiger partial charge in [0, 0.05) is 18.8 Å². The van der Waals surface area contributed by atoms with Crippen LogP contribution in [-0.2, 0) is 0 Å². The molecule has 2 aromatic rings. The molecular weight excluding hydrogens is 228 g/mol. The quantitative estimate of drug-likeness (QED) is 0.834. The molecule has 1 amide bonds. The summed E-state index contributed by atoms with van der Waals surface area (Å²) in [5.41, 5.74) is 2.82. The van der Waals surface area contributed by atoms with Gasteiger partial charge in [-0.1, -0.05) is 24.3 Å². The second-order valence-corrected chi connectivity index (χ2v) is 3.75. The highest BCUT2D eigenvalue weighted by Crippen LogP contribution is 2.19. The van der Waals surface area contributed by atoms with E-state index in [2.05, 4.69) is 10.3 Å². The van der Waals surface area contributed by atoms with Crippen LogP contribution in [-0.4, -0.2) is 24.2 Å². The summed E-state index contributed by atoms with van der Waals surface area (Å²) < 4.78 is 0. The fourth-order valence-corrected chi connectivity index (χ4v) is 1.62. The molecule has 0 saturated carbocycles. The van der Waals surface area contributed by atoms with Crippen LogP contribution in [0.25, 0.3) is 11.1 Å². The average molecular weight is 240 g/mol. The highest BCUT2D eigenvalue weighted by molar-refractivity contribution is 5.93. The van der Waals surface area contributed by atoms with Gasteiger partial charge in [-0.15, -0.1) is 0 Å². The van der Waals surface area contributed by atoms with E-state index in [9.17, 15) is 9.59 Å². The molecule has 1 aromatic heterocycles. The monoisotopic (exact) mass is 240 g/mol. The first-order valence-electron chi connectivity index (χ1n) is 5.48. The molecule has 1 aromatic carbocycles. The number of carbonyl (C=O) groups is 2. The predicted octanol–water partition coefficient (Wildman–Crippen LogP) is 1.92. The molecule has 0 aliphatic carbocycles. The third kappa shape index (κ3) is 2.43. The molecule has 0 bridgehead atoms. The number of hydrogen-bond donors (Lipinski definition) is 1. The van der Waals surface area contributed by atoms with Gasteiger partial charge in [-0.05, 0) is 23.3 Å². The minimum absolute atomic E-state index is 0.221. The zero-order valence-corrected chi connectivity index (χ0v) is 9.88. The number of benzene rings is 1. The molecule has 0 aliphatic rings. The summed E-state index contributed by atoms with van der Waals surface area (Å²) in [7, 11) is 1.57. The lowest BCUT2D eigenvalue weighted by atomic mass is 10.0. The number of pyridine rings is 1. The summed E-state index contributed by atoms with van der Waals surface area (Å²) in [6, 6.07) is 10.7. The molecule has 0 radical (unpaired) electrons. The van der Waals surface area contributed by atoms with Gasteiger partial charge in [-0.25, -0.2) is 0 Å². The van der Waals surface area contributed by atoms with Crippen LogP contribution in [0, 0.1) is 0 Å². The molecule has 2 rings (SSSR count). The molecule has 90 valence electrons. The van der Waals surface area contributed by atoms with E-state index in [4.69, 9.17) is 0 Å². The van der Waals surface area contributed by atoms with Crippen LogP contribution in [0.5, 0.6) is 0 Å². The first-order valence-corrected chi connectivity index (χ1v) is 5.48. The van der Waals surface area contributed by atoms with Crippen LogP contribution in [0.1, 0.15) is 20.8 Å². The first kappa shape index (κ1) is 12.0. The van der Waals surface area contributed by atoms with Gasteiger partial charge < -0.3 is 5.32 Å². The van der Waals surface area contributed by atoms with Crippen LogP contribution < -0.4 is 5.32 Å². The largest absolute Gasteiger partial charge is 0.354 e. The van der Waals surface area contributed by atoms with E-state index in [1.54, 1.807) is 31.4 Å². The summed E-state index contributed by atoms with van der Waals surface area (Å²) in [5.74, 6) is -0.221. The Balaban J connectivity index is 2.37. The number of amides is 1. The maximum Gasteiger partial charge on any atom is 0.269 e. The van der Waals surface area contributed by atoms with Crippen LogP contribution in [0.4, 0.5) is 0 Å². The molecule has 4 heteroatoms. The van der Waals surface area contributed by atoms with Crippen molar-refractivity contribution in [3.8, 4) is 11.1 Å². The van der Waals surface area contributed by atoms with Crippen molar-refractivity contribution in [1.29, 1.82) is 0 Å². The van der Waals surface area contributed by atoms with Crippen molar-refractivity contribution in [1.82, 2.24) is 10.3 Å². The number of aromatic nitrogens is 1. The predicted molar refractivity (Wildman–Crippen MR) is 68.5 cm³/mol. The lowest BCUT2D eigenvalue weighted by Crippen LogP contribution is -2.19. The second-order valence-electron chi connectivity index (χ2n) is 3.75. The number of hydrogen-bond acceptors (Lipinski definition) is 3. The Hall–Kier alpha value is -2.49. The second kappa shape index (κ2) is 5.23. The van der Waals surface area contributed by atoms with Gasteiger partial charge in [0.1, 0.15) is 12.0 Å². The lowest BCUT2D eigenvalue weighted by Gasteiger charge is -2.04. The minimum atomic E-state index is -0.221. The van der Waals surface area contributed by atoms with Crippen molar-refractivity contribution in [2.24, 2.45) is 0 Å². The zero-order chi connectivity index (χ0) is 13.0. The van der Waals surface area contributed by atoms with E-state index in [0.29, 0.717) is 11.3 Å². The SMILES string of the molecule is CNC(=O)c1cc(-c2ccc(C=O)cc2)ccn1. The van der Waals surface area contributed by atoms with E-state index in [-0.39, 0.29) is 5.91 Å². The van der Waals surface area contributed by atoms with E-state index in [1.165, 1.54) is 0 Å². The smallest absolute Gasteiger partial charge is 0.269 e. The van der Waals surface area contributed by atoms with Crippen LogP contribution in [0.2, 0.25) is 0 Å². The van der Waals surface area contributed by atoms with Gasteiger partial charge in [0.15, 0.2) is 0 Å². The zero-order valence-electron chi connectivity index (χ0n) is 9.88. The molecule has 0 spiro atoms. The molecule has 4 nitrogen and oxygen atoms in total. The van der Waals surface area contributed by atoms with Crippen LogP contribution in [0.3, 0.4) is 0 Å². The Labute approximate surface area is 105 Å². The van der Waals surface area contributed by atoms with E-state index in [1.807, 2.05) is 18.2 Å². The molecule has 1 N–H and O–H groups in total. The van der Waals surface area contributed by atoms with Crippen molar-refractivity contribution >= 4 is 12.2 Å². The Bertz CT molecular complexity index is 577. The maximum absolute atomic E-state index is 11.5. The summed E-state index contributed by atoms with van der Waals surface area (Å²) in [6.45, 7) is 0. The summed E-state index contributed by atoms with van der Waals surface area (Å²) in [6.07, 6.45) is 2.39. The number of nitrogens with zero attached hydrogens (tertiary/aromatic N) is 1. The van der Waals surface area contributed by atoms with Crippen molar-refractivity contribution in [3.05, 3.63) is 53.9 Å². The normalized spacial score (nSPS) is 9.83. The standard InChI is InChI=1S/C14H12N2O2/c1-15-14(18)13-8-12(6-7-16-13)11-4-2-10(9-17)3-5-11/h2-9H,1H3,(H,15,18). The molecule has 0 unspecified atom stereocenters. The fourth-order valence-electron chi connectivity index (χ4n) is 1.62. The Morgan fingerprint density at radius 3 is 2.50 bits per heavy atom. The third-order valence-corrected chi connectivity index (χ3v) is 2.60. The third-order valence-electron chi connectivity index (χ3n) is 2.60. The van der Waals surface area contributed by atoms with Gasteiger partial charge >= 0.3 is 0 Å². The molecule has 0 fully saturated rings. The topological polar surface area (TPSA) is 59.1 Å². The molecule has 0 saturated heterocycles. The van der Waals surface area contributed by atoms with Gasteiger partial charge in [0.05, 0.1) is 0 Å². The van der Waals surface area contributed by atoms with Gasteiger partial charge in [-0.3, -0.25) is 14.6 Å². The average Bonchev–Trinajstić information content (AvgIpc) is 2.46. The number of nitrogens with one attached hydrogen (secondary N) is 1. The van der Waals surface area contributed by atoms with Gasteiger partial charge in [-0.2, -0.15) is 0 Å². The van der Waals surface area contributed by atoms with Crippen molar-refractivity contribution in [2.45, 2.75) is 0 Å². The van der Waals surface area contributed by atoms with E-state index >= 15 is 0 Å². The van der Waals surface area contributed by atoms with Crippen molar-refractivity contribution in [2.75, 3.05) is 7.05 Å². The first-order chi connectivity index (χ1) is 8.74. The lowest BCUT2D eigenvalue weighted by molar-refractivity contribution is 0.0958. The highest BCUT2D eigenvalue weighted by Gasteiger charge is 2.06. The molecule has 0 atom stereocenters. The fraction of sp³-hybridized carbons (Fsp3) is 0.0714. The number of aldehydes is 1. The van der Waals surface area contributed by atoms with Crippen molar-refractivity contribution < 1.29 is 9.59 Å². The van der Waals surface area contributed by atoms with Crippen LogP contribution in [0.15, 0.2) is 42.6 Å². The molecule has 1 heterocycles. The van der Waals surface area contributed by atoms with Crippen molar-refractivity contribution in [3.63, 3.8) is 0 Å². The van der Waals surface area contributed by atoms with E-state index < -0.39 is 0 Å². The summed E-state index contributed by atoms with van der Waals surface area (Å²) in [4.78, 5) is 26.1. The molecular formula is C14H12N2O2. The van der Waals surface area contributed by atoms with Crippen LogP contribution >= 0.6 is 0 Å². The highest BCUT2D eigenvalue weighted by atomic mass is 16.1. The van der Waals surface area contributed by atoms with Gasteiger partial charge in [0.25, 0.3) is 5.91 Å². The number of carbonyl (C=O) groups excluding carboxylic acids is 2. The Kier molecular flexibility index (Phi) is 3.48.